The normalized spacial score (nSPS) is 10.7. The Kier molecular flexibility index (Phi) is 7.17. The number of methoxy groups -OCH3 is 2. The second-order valence-corrected chi connectivity index (χ2v) is 7.60. The minimum atomic E-state index is -0.334. The zero-order chi connectivity index (χ0) is 21.7. The molecule has 3 aromatic rings. The van der Waals surface area contributed by atoms with E-state index in [2.05, 4.69) is 15.5 Å². The van der Waals surface area contributed by atoms with E-state index in [1.165, 1.54) is 32.0 Å². The fourth-order valence-corrected chi connectivity index (χ4v) is 3.42. The van der Waals surface area contributed by atoms with Gasteiger partial charge in [-0.1, -0.05) is 28.9 Å². The summed E-state index contributed by atoms with van der Waals surface area (Å²) in [5, 5.41) is 7.00. The molecule has 1 aromatic heterocycles. The van der Waals surface area contributed by atoms with Crippen molar-refractivity contribution in [1.82, 2.24) is 10.1 Å². The van der Waals surface area contributed by atoms with Crippen LogP contribution in [0.25, 0.3) is 11.4 Å². The van der Waals surface area contributed by atoms with Crippen molar-refractivity contribution in [3.63, 3.8) is 0 Å². The van der Waals surface area contributed by atoms with E-state index in [1.54, 1.807) is 31.2 Å². The van der Waals surface area contributed by atoms with Gasteiger partial charge in [0.1, 0.15) is 17.3 Å². The average molecular weight is 452 g/mol. The predicted octanol–water partition coefficient (Wildman–Crippen LogP) is 4.73. The number of nitrogens with one attached hydrogen (secondary N) is 1. The summed E-state index contributed by atoms with van der Waals surface area (Å²) in [6.07, 6.45) is 0. The van der Waals surface area contributed by atoms with Crippen LogP contribution in [-0.4, -0.2) is 36.0 Å². The number of nitrogens with zero attached hydrogens (tertiary/aromatic N) is 2. The Hall–Kier alpha value is -2.78. The van der Waals surface area contributed by atoms with Crippen LogP contribution in [0.4, 0.5) is 10.1 Å². The van der Waals surface area contributed by atoms with Crippen molar-refractivity contribution in [2.24, 2.45) is 0 Å². The number of carbonyl (C=O) groups is 1. The third kappa shape index (κ3) is 5.22. The second-order valence-electron chi connectivity index (χ2n) is 6.20. The number of carbonyl (C=O) groups excluding carboxylic acids is 1. The Balaban J connectivity index is 1.56. The number of aromatic nitrogens is 2. The summed E-state index contributed by atoms with van der Waals surface area (Å²) >= 11 is 7.36. The van der Waals surface area contributed by atoms with Gasteiger partial charge in [-0.2, -0.15) is 4.98 Å². The van der Waals surface area contributed by atoms with Crippen molar-refractivity contribution in [2.45, 2.75) is 12.7 Å². The maximum Gasteiger partial charge on any atom is 0.236 e. The first-order valence-corrected chi connectivity index (χ1v) is 10.3. The lowest BCUT2D eigenvalue weighted by Crippen LogP contribution is -2.15. The van der Waals surface area contributed by atoms with Crippen LogP contribution in [0.3, 0.4) is 0 Å². The van der Waals surface area contributed by atoms with E-state index in [1.807, 2.05) is 0 Å². The Labute approximate surface area is 181 Å². The topological polar surface area (TPSA) is 86.5 Å². The number of ether oxygens (including phenoxy) is 2. The average Bonchev–Trinajstić information content (AvgIpc) is 3.20. The summed E-state index contributed by atoms with van der Waals surface area (Å²) in [4.78, 5) is 16.5. The van der Waals surface area contributed by atoms with E-state index in [-0.39, 0.29) is 17.5 Å². The lowest BCUT2D eigenvalue weighted by Gasteiger charge is -2.13. The van der Waals surface area contributed by atoms with Crippen LogP contribution >= 0.6 is 23.4 Å². The number of rotatable bonds is 8. The van der Waals surface area contributed by atoms with E-state index in [0.717, 1.165) is 0 Å². The van der Waals surface area contributed by atoms with Crippen molar-refractivity contribution in [2.75, 3.05) is 25.3 Å². The maximum atomic E-state index is 13.7. The highest BCUT2D eigenvalue weighted by Gasteiger charge is 2.14. The molecule has 1 amide bonds. The largest absolute Gasteiger partial charge is 0.495 e. The highest BCUT2D eigenvalue weighted by atomic mass is 35.5. The van der Waals surface area contributed by atoms with Crippen LogP contribution in [0.5, 0.6) is 11.5 Å². The molecule has 7 nitrogen and oxygen atoms in total. The summed E-state index contributed by atoms with van der Waals surface area (Å²) in [5.41, 5.74) is 1.52. The molecule has 1 N–H and O–H groups in total. The lowest BCUT2D eigenvalue weighted by molar-refractivity contribution is -0.113. The molecule has 2 aromatic carbocycles. The third-order valence-corrected chi connectivity index (χ3v) is 5.32. The van der Waals surface area contributed by atoms with Crippen LogP contribution in [-0.2, 0) is 10.5 Å². The summed E-state index contributed by atoms with van der Waals surface area (Å²) < 4.78 is 29.3. The highest BCUT2D eigenvalue weighted by Crippen LogP contribution is 2.36. The summed E-state index contributed by atoms with van der Waals surface area (Å²) in [5.74, 6) is 1.38. The van der Waals surface area contributed by atoms with Gasteiger partial charge >= 0.3 is 0 Å². The molecule has 0 fully saturated rings. The second kappa shape index (κ2) is 9.82. The minimum Gasteiger partial charge on any atom is -0.495 e. The zero-order valence-electron chi connectivity index (χ0n) is 16.5. The van der Waals surface area contributed by atoms with E-state index in [4.69, 9.17) is 25.6 Å². The van der Waals surface area contributed by atoms with Gasteiger partial charge in [-0.25, -0.2) is 4.39 Å². The van der Waals surface area contributed by atoms with Crippen molar-refractivity contribution >= 4 is 35.0 Å². The monoisotopic (exact) mass is 451 g/mol. The molecule has 0 radical (unpaired) electrons. The number of benzene rings is 2. The van der Waals surface area contributed by atoms with E-state index in [9.17, 15) is 9.18 Å². The van der Waals surface area contributed by atoms with Gasteiger partial charge in [0, 0.05) is 17.7 Å². The summed E-state index contributed by atoms with van der Waals surface area (Å²) in [6.45, 7) is 1.68. The fraction of sp³-hybridized carbons (Fsp3) is 0.250. The minimum absolute atomic E-state index is 0.144. The Bertz CT molecular complexity index is 1060. The first-order valence-electron chi connectivity index (χ1n) is 8.79. The first kappa shape index (κ1) is 21.9. The molecule has 0 aliphatic heterocycles. The first-order chi connectivity index (χ1) is 14.4. The van der Waals surface area contributed by atoms with Gasteiger partial charge in [0.25, 0.3) is 0 Å². The van der Waals surface area contributed by atoms with Crippen LogP contribution < -0.4 is 14.8 Å². The fourth-order valence-electron chi connectivity index (χ4n) is 2.54. The van der Waals surface area contributed by atoms with E-state index >= 15 is 0 Å². The van der Waals surface area contributed by atoms with Gasteiger partial charge in [-0.15, -0.1) is 11.8 Å². The van der Waals surface area contributed by atoms with Crippen molar-refractivity contribution in [3.8, 4) is 22.9 Å². The number of aryl methyl sites for hydroxylation is 1. The van der Waals surface area contributed by atoms with Gasteiger partial charge in [0.15, 0.2) is 0 Å². The summed E-state index contributed by atoms with van der Waals surface area (Å²) in [7, 11) is 2.97. The number of hydrogen-bond acceptors (Lipinski definition) is 7. The molecule has 10 heteroatoms. The van der Waals surface area contributed by atoms with Gasteiger partial charge in [-0.3, -0.25) is 4.79 Å². The van der Waals surface area contributed by atoms with E-state index < -0.39 is 0 Å². The van der Waals surface area contributed by atoms with Gasteiger partial charge in [0.05, 0.1) is 36.4 Å². The van der Waals surface area contributed by atoms with Crippen LogP contribution in [0.1, 0.15) is 11.5 Å². The van der Waals surface area contributed by atoms with Gasteiger partial charge in [-0.05, 0) is 18.6 Å². The molecule has 0 unspecified atom stereocenters. The molecule has 0 saturated carbocycles. The van der Waals surface area contributed by atoms with Crippen LogP contribution in [0, 0.1) is 12.7 Å². The number of anilines is 1. The lowest BCUT2D eigenvalue weighted by atomic mass is 10.1. The summed E-state index contributed by atoms with van der Waals surface area (Å²) in [6, 6.07) is 7.89. The van der Waals surface area contributed by atoms with Crippen molar-refractivity contribution in [3.05, 3.63) is 52.6 Å². The molecule has 0 atom stereocenters. The van der Waals surface area contributed by atoms with Crippen molar-refractivity contribution < 1.29 is 23.2 Å². The van der Waals surface area contributed by atoms with Gasteiger partial charge in [0.2, 0.25) is 17.6 Å². The molecule has 3 rings (SSSR count). The molecule has 0 saturated heterocycles. The van der Waals surface area contributed by atoms with Crippen molar-refractivity contribution in [1.29, 1.82) is 0 Å². The van der Waals surface area contributed by atoms with Crippen LogP contribution in [0.15, 0.2) is 34.9 Å². The predicted molar refractivity (Wildman–Crippen MR) is 114 cm³/mol. The number of hydrogen-bond donors (Lipinski definition) is 1. The number of halogens is 2. The smallest absolute Gasteiger partial charge is 0.236 e. The molecule has 1 heterocycles. The molecule has 158 valence electrons. The quantitative estimate of drug-likeness (QED) is 0.530. The Morgan fingerprint density at radius 1 is 1.23 bits per heavy atom. The molecule has 0 spiro atoms. The standard InChI is InChI=1S/C20H19ClFN3O4S/c1-11-4-5-12(6-14(11)22)20-24-19(29-25-20)10-30-9-18(26)23-15-8-16(27-2)13(21)7-17(15)28-3/h4-8H,9-10H2,1-3H3,(H,23,26). The van der Waals surface area contributed by atoms with E-state index in [0.29, 0.717) is 50.8 Å². The highest BCUT2D eigenvalue weighted by molar-refractivity contribution is 7.99. The van der Waals surface area contributed by atoms with Gasteiger partial charge < -0.3 is 19.3 Å². The molecule has 0 aliphatic carbocycles. The molecular formula is C20H19ClFN3O4S. The number of thioether (sulfide) groups is 1. The number of amides is 1. The molecule has 0 aliphatic rings. The van der Waals surface area contributed by atoms with Crippen LogP contribution in [0.2, 0.25) is 5.02 Å². The maximum absolute atomic E-state index is 13.7. The Morgan fingerprint density at radius 2 is 2.00 bits per heavy atom. The molecule has 30 heavy (non-hydrogen) atoms. The Morgan fingerprint density at radius 3 is 2.70 bits per heavy atom. The zero-order valence-corrected chi connectivity index (χ0v) is 18.1. The molecular weight excluding hydrogens is 433 g/mol. The third-order valence-electron chi connectivity index (χ3n) is 4.10. The molecule has 0 bridgehead atoms. The SMILES string of the molecule is COc1cc(NC(=O)CSCc2nc(-c3ccc(C)c(F)c3)no2)c(OC)cc1Cl.